The molecule has 0 unspecified atom stereocenters. The summed E-state index contributed by atoms with van der Waals surface area (Å²) >= 11 is 1.52. The number of fused-ring (bicyclic) bond motifs is 1. The lowest BCUT2D eigenvalue weighted by atomic mass is 9.87. The van der Waals surface area contributed by atoms with Crippen LogP contribution in [0.2, 0.25) is 0 Å². The first-order chi connectivity index (χ1) is 14.3. The number of hydrogen-bond acceptors (Lipinski definition) is 5. The highest BCUT2D eigenvalue weighted by Crippen LogP contribution is 2.29. The number of aromatic nitrogens is 3. The second kappa shape index (κ2) is 7.85. The summed E-state index contributed by atoms with van der Waals surface area (Å²) in [7, 11) is 0. The maximum absolute atomic E-state index is 9.51. The summed E-state index contributed by atoms with van der Waals surface area (Å²) in [5.41, 5.74) is 5.44. The highest BCUT2D eigenvalue weighted by Gasteiger charge is 2.14. The van der Waals surface area contributed by atoms with E-state index in [1.807, 2.05) is 43.5 Å². The van der Waals surface area contributed by atoms with Crippen molar-refractivity contribution in [1.29, 1.82) is 5.26 Å². The number of hydrogen-bond donors (Lipinski definition) is 1. The lowest BCUT2D eigenvalue weighted by molar-refractivity contribution is 0.590. The van der Waals surface area contributed by atoms with Gasteiger partial charge in [-0.15, -0.1) is 0 Å². The maximum atomic E-state index is 9.51. The quantitative estimate of drug-likeness (QED) is 0.416. The Morgan fingerprint density at radius 3 is 2.43 bits per heavy atom. The van der Waals surface area contributed by atoms with Gasteiger partial charge in [0.2, 0.25) is 0 Å². The van der Waals surface area contributed by atoms with Gasteiger partial charge in [-0.2, -0.15) is 10.4 Å². The molecule has 0 fully saturated rings. The number of anilines is 1. The standard InChI is InChI=1S/C24H23N5S/c1-16-5-6-18(15-26-16)21-13-22-17(14-25)7-12-23(29(22)27-21)28-30-20-10-8-19(9-11-20)24(2,3)4/h5-13,15,28H,1-4H3. The van der Waals surface area contributed by atoms with Crippen molar-refractivity contribution >= 4 is 23.3 Å². The van der Waals surface area contributed by atoms with Crippen LogP contribution in [0.1, 0.15) is 37.6 Å². The van der Waals surface area contributed by atoms with Gasteiger partial charge in [-0.05, 0) is 72.3 Å². The monoisotopic (exact) mass is 413 g/mol. The molecule has 0 spiro atoms. The van der Waals surface area contributed by atoms with Crippen molar-refractivity contribution in [3.05, 3.63) is 77.6 Å². The SMILES string of the molecule is Cc1ccc(-c2cc3c(C#N)ccc(NSc4ccc(C(C)(C)C)cc4)n3n2)cn1. The third-order valence-corrected chi connectivity index (χ3v) is 5.76. The van der Waals surface area contributed by atoms with Crippen molar-refractivity contribution in [1.82, 2.24) is 14.6 Å². The van der Waals surface area contributed by atoms with Gasteiger partial charge in [0.1, 0.15) is 11.9 Å². The van der Waals surface area contributed by atoms with Crippen LogP contribution in [0.15, 0.2) is 65.7 Å². The third kappa shape index (κ3) is 4.03. The number of nitrogens with one attached hydrogen (secondary N) is 1. The number of rotatable bonds is 4. The molecule has 0 saturated heterocycles. The van der Waals surface area contributed by atoms with E-state index in [-0.39, 0.29) is 5.41 Å². The zero-order valence-electron chi connectivity index (χ0n) is 17.5. The third-order valence-electron chi connectivity index (χ3n) is 4.94. The van der Waals surface area contributed by atoms with Crippen molar-refractivity contribution in [2.45, 2.75) is 38.0 Å². The molecule has 30 heavy (non-hydrogen) atoms. The van der Waals surface area contributed by atoms with E-state index >= 15 is 0 Å². The van der Waals surface area contributed by atoms with Gasteiger partial charge in [0.15, 0.2) is 0 Å². The molecule has 150 valence electrons. The number of nitriles is 1. The van der Waals surface area contributed by atoms with Crippen molar-refractivity contribution in [3.63, 3.8) is 0 Å². The van der Waals surface area contributed by atoms with E-state index in [1.165, 1.54) is 17.5 Å². The van der Waals surface area contributed by atoms with Gasteiger partial charge in [-0.25, -0.2) is 4.52 Å². The Hall–Kier alpha value is -3.30. The van der Waals surface area contributed by atoms with Gasteiger partial charge in [0.05, 0.1) is 16.8 Å². The average molecular weight is 414 g/mol. The fourth-order valence-corrected chi connectivity index (χ4v) is 3.79. The second-order valence-corrected chi connectivity index (χ2v) is 9.12. The van der Waals surface area contributed by atoms with Crippen molar-refractivity contribution in [3.8, 4) is 17.3 Å². The van der Waals surface area contributed by atoms with E-state index < -0.39 is 0 Å². The van der Waals surface area contributed by atoms with E-state index in [0.717, 1.165) is 33.2 Å². The molecule has 5 nitrogen and oxygen atoms in total. The highest BCUT2D eigenvalue weighted by molar-refractivity contribution is 8.00. The Morgan fingerprint density at radius 2 is 1.80 bits per heavy atom. The zero-order chi connectivity index (χ0) is 21.3. The minimum absolute atomic E-state index is 0.131. The Balaban J connectivity index is 1.64. The van der Waals surface area contributed by atoms with Crippen molar-refractivity contribution < 1.29 is 0 Å². The first-order valence-electron chi connectivity index (χ1n) is 9.74. The Kier molecular flexibility index (Phi) is 5.23. The molecule has 1 N–H and O–H groups in total. The molecule has 1 aromatic carbocycles. The smallest absolute Gasteiger partial charge is 0.138 e. The van der Waals surface area contributed by atoms with Crippen LogP contribution in [0.25, 0.3) is 16.8 Å². The molecule has 0 radical (unpaired) electrons. The Bertz CT molecular complexity index is 1230. The van der Waals surface area contributed by atoms with Crippen LogP contribution in [-0.2, 0) is 5.41 Å². The summed E-state index contributed by atoms with van der Waals surface area (Å²) < 4.78 is 5.16. The van der Waals surface area contributed by atoms with E-state index in [2.05, 4.69) is 60.8 Å². The molecule has 6 heteroatoms. The molecule has 4 aromatic rings. The predicted molar refractivity (Wildman–Crippen MR) is 122 cm³/mol. The summed E-state index contributed by atoms with van der Waals surface area (Å²) in [6, 6.07) is 20.4. The van der Waals surface area contributed by atoms with E-state index in [4.69, 9.17) is 5.10 Å². The Morgan fingerprint density at radius 1 is 1.03 bits per heavy atom. The lowest BCUT2D eigenvalue weighted by Gasteiger charge is -2.19. The van der Waals surface area contributed by atoms with E-state index in [1.54, 1.807) is 4.52 Å². The van der Waals surface area contributed by atoms with Gasteiger partial charge < -0.3 is 4.72 Å². The van der Waals surface area contributed by atoms with Crippen LogP contribution < -0.4 is 4.72 Å². The molecule has 0 saturated carbocycles. The lowest BCUT2D eigenvalue weighted by Crippen LogP contribution is -2.10. The van der Waals surface area contributed by atoms with Crippen LogP contribution in [0.3, 0.4) is 0 Å². The highest BCUT2D eigenvalue weighted by atomic mass is 32.2. The fraction of sp³-hybridized carbons (Fsp3) is 0.208. The summed E-state index contributed by atoms with van der Waals surface area (Å²) in [4.78, 5) is 5.46. The van der Waals surface area contributed by atoms with Crippen LogP contribution in [0.5, 0.6) is 0 Å². The number of pyridine rings is 2. The molecule has 0 atom stereocenters. The van der Waals surface area contributed by atoms with Gasteiger partial charge in [0, 0.05) is 22.3 Å². The minimum Gasteiger partial charge on any atom is -0.310 e. The molecule has 0 aliphatic rings. The summed E-state index contributed by atoms with van der Waals surface area (Å²) in [5.74, 6) is 0.806. The van der Waals surface area contributed by atoms with Crippen molar-refractivity contribution in [2.24, 2.45) is 0 Å². The van der Waals surface area contributed by atoms with Gasteiger partial charge >= 0.3 is 0 Å². The molecule has 0 amide bonds. The largest absolute Gasteiger partial charge is 0.310 e. The first kappa shape index (κ1) is 20.0. The summed E-state index contributed by atoms with van der Waals surface area (Å²) in [6.07, 6.45) is 1.81. The molecule has 3 heterocycles. The van der Waals surface area contributed by atoms with Gasteiger partial charge in [-0.1, -0.05) is 32.9 Å². The van der Waals surface area contributed by atoms with E-state index in [0.29, 0.717) is 5.56 Å². The van der Waals surface area contributed by atoms with Crippen molar-refractivity contribution in [2.75, 3.05) is 4.72 Å². The summed E-state index contributed by atoms with van der Waals surface area (Å²) in [6.45, 7) is 8.58. The maximum Gasteiger partial charge on any atom is 0.138 e. The normalized spacial score (nSPS) is 11.4. The fourth-order valence-electron chi connectivity index (χ4n) is 3.14. The molecule has 0 bridgehead atoms. The number of aryl methyl sites for hydroxylation is 1. The molecule has 0 aliphatic carbocycles. The second-order valence-electron chi connectivity index (χ2n) is 8.24. The van der Waals surface area contributed by atoms with Crippen LogP contribution in [-0.4, -0.2) is 14.6 Å². The van der Waals surface area contributed by atoms with Crippen LogP contribution >= 0.6 is 11.9 Å². The van der Waals surface area contributed by atoms with Crippen LogP contribution in [0.4, 0.5) is 5.82 Å². The minimum atomic E-state index is 0.131. The molecule has 4 rings (SSSR count). The van der Waals surface area contributed by atoms with Crippen LogP contribution in [0, 0.1) is 18.3 Å². The number of nitrogens with zero attached hydrogens (tertiary/aromatic N) is 4. The predicted octanol–water partition coefficient (Wildman–Crippen LogP) is 5.99. The topological polar surface area (TPSA) is 66.0 Å². The first-order valence-corrected chi connectivity index (χ1v) is 10.6. The molecule has 3 aromatic heterocycles. The summed E-state index contributed by atoms with van der Waals surface area (Å²) in [5, 5.41) is 14.2. The number of benzene rings is 1. The van der Waals surface area contributed by atoms with Gasteiger partial charge in [-0.3, -0.25) is 4.98 Å². The average Bonchev–Trinajstić information content (AvgIpc) is 3.18. The molecular weight excluding hydrogens is 390 g/mol. The molecular formula is C24H23N5S. The Labute approximate surface area is 180 Å². The van der Waals surface area contributed by atoms with E-state index in [9.17, 15) is 5.26 Å². The van der Waals surface area contributed by atoms with Gasteiger partial charge in [0.25, 0.3) is 0 Å². The molecule has 0 aliphatic heterocycles. The zero-order valence-corrected chi connectivity index (χ0v) is 18.3.